The van der Waals surface area contributed by atoms with Gasteiger partial charge in [-0.05, 0) is 13.3 Å². The van der Waals surface area contributed by atoms with Crippen LogP contribution in [-0.4, -0.2) is 44.9 Å². The average molecular weight is 244 g/mol. The minimum atomic E-state index is -0.611. The summed E-state index contributed by atoms with van der Waals surface area (Å²) in [6.07, 6.45) is 1.92. The van der Waals surface area contributed by atoms with Crippen molar-refractivity contribution in [1.82, 2.24) is 5.32 Å². The molecule has 3 atom stereocenters. The highest BCUT2D eigenvalue weighted by atomic mass is 16.5. The Labute approximate surface area is 103 Å². The molecule has 1 aliphatic rings. The summed E-state index contributed by atoms with van der Waals surface area (Å²) in [7, 11) is 1.64. The number of nitrogens with two attached hydrogens (primary N) is 1. The number of amides is 1. The molecule has 0 saturated carbocycles. The molecule has 1 saturated heterocycles. The van der Waals surface area contributed by atoms with Crippen LogP contribution in [0.15, 0.2) is 0 Å². The van der Waals surface area contributed by atoms with Gasteiger partial charge >= 0.3 is 0 Å². The number of rotatable bonds is 6. The fraction of sp³-hybridized carbons (Fsp3) is 0.917. The Bertz CT molecular complexity index is 254. The van der Waals surface area contributed by atoms with Crippen LogP contribution in [0.3, 0.4) is 0 Å². The van der Waals surface area contributed by atoms with Crippen LogP contribution >= 0.6 is 0 Å². The van der Waals surface area contributed by atoms with E-state index in [2.05, 4.69) is 12.2 Å². The van der Waals surface area contributed by atoms with Gasteiger partial charge in [-0.3, -0.25) is 4.79 Å². The van der Waals surface area contributed by atoms with Gasteiger partial charge in [0.1, 0.15) is 0 Å². The van der Waals surface area contributed by atoms with Gasteiger partial charge in [0.05, 0.1) is 31.3 Å². The Kier molecular flexibility index (Phi) is 5.36. The molecule has 0 spiro atoms. The molecule has 3 unspecified atom stereocenters. The predicted molar refractivity (Wildman–Crippen MR) is 65.6 cm³/mol. The highest BCUT2D eigenvalue weighted by Crippen LogP contribution is 2.27. The third-order valence-corrected chi connectivity index (χ3v) is 3.38. The van der Waals surface area contributed by atoms with Crippen molar-refractivity contribution in [3.8, 4) is 0 Å². The molecule has 1 rings (SSSR count). The summed E-state index contributed by atoms with van der Waals surface area (Å²) in [5.74, 6) is -0.0296. The lowest BCUT2D eigenvalue weighted by Gasteiger charge is -2.28. The normalized spacial score (nSPS) is 30.2. The van der Waals surface area contributed by atoms with Crippen LogP contribution in [0.1, 0.15) is 26.7 Å². The molecule has 100 valence electrons. The van der Waals surface area contributed by atoms with Crippen LogP contribution in [-0.2, 0) is 14.3 Å². The fourth-order valence-electron chi connectivity index (χ4n) is 2.02. The first-order valence-electron chi connectivity index (χ1n) is 6.17. The van der Waals surface area contributed by atoms with E-state index >= 15 is 0 Å². The number of methoxy groups -OCH3 is 1. The molecule has 17 heavy (non-hydrogen) atoms. The molecule has 0 aromatic heterocycles. The summed E-state index contributed by atoms with van der Waals surface area (Å²) < 4.78 is 10.4. The molecular formula is C12H24N2O3. The molecular weight excluding hydrogens is 220 g/mol. The molecule has 3 N–H and O–H groups in total. The zero-order chi connectivity index (χ0) is 12.9. The number of ether oxygens (including phenoxy) is 2. The topological polar surface area (TPSA) is 73.6 Å². The van der Waals surface area contributed by atoms with Crippen molar-refractivity contribution in [2.75, 3.05) is 26.9 Å². The molecule has 0 radical (unpaired) electrons. The lowest BCUT2D eigenvalue weighted by molar-refractivity contribution is -0.131. The minimum Gasteiger partial charge on any atom is -0.383 e. The lowest BCUT2D eigenvalue weighted by Crippen LogP contribution is -2.53. The monoisotopic (exact) mass is 244 g/mol. The molecule has 1 aliphatic heterocycles. The highest BCUT2D eigenvalue weighted by Gasteiger charge is 2.44. The van der Waals surface area contributed by atoms with Gasteiger partial charge in [-0.2, -0.15) is 0 Å². The van der Waals surface area contributed by atoms with Crippen LogP contribution in [0.2, 0.25) is 0 Å². The first-order chi connectivity index (χ1) is 8.04. The second-order valence-corrected chi connectivity index (χ2v) is 4.95. The van der Waals surface area contributed by atoms with Gasteiger partial charge in [-0.25, -0.2) is 0 Å². The van der Waals surface area contributed by atoms with Crippen molar-refractivity contribution in [3.05, 3.63) is 0 Å². The Morgan fingerprint density at radius 2 is 2.41 bits per heavy atom. The van der Waals surface area contributed by atoms with Crippen LogP contribution in [0.25, 0.3) is 0 Å². The summed E-state index contributed by atoms with van der Waals surface area (Å²) in [6.45, 7) is 5.32. The second-order valence-electron chi connectivity index (χ2n) is 4.95. The van der Waals surface area contributed by atoms with E-state index in [9.17, 15) is 4.79 Å². The van der Waals surface area contributed by atoms with E-state index in [0.717, 1.165) is 12.8 Å². The van der Waals surface area contributed by atoms with E-state index in [-0.39, 0.29) is 18.0 Å². The summed E-state index contributed by atoms with van der Waals surface area (Å²) in [4.78, 5) is 12.2. The maximum absolute atomic E-state index is 12.2. The van der Waals surface area contributed by atoms with E-state index in [0.29, 0.717) is 19.8 Å². The van der Waals surface area contributed by atoms with Crippen LogP contribution in [0, 0.1) is 5.41 Å². The van der Waals surface area contributed by atoms with E-state index < -0.39 is 5.41 Å². The summed E-state index contributed by atoms with van der Waals surface area (Å²) in [6, 6.07) is -0.172. The van der Waals surface area contributed by atoms with E-state index in [1.165, 1.54) is 0 Å². The maximum Gasteiger partial charge on any atom is 0.230 e. The average Bonchev–Trinajstić information content (AvgIpc) is 2.61. The Hall–Kier alpha value is -0.650. The molecule has 0 aromatic carbocycles. The smallest absolute Gasteiger partial charge is 0.230 e. The molecule has 5 nitrogen and oxygen atoms in total. The van der Waals surface area contributed by atoms with Crippen LogP contribution in [0.4, 0.5) is 0 Å². The molecule has 5 heteroatoms. The van der Waals surface area contributed by atoms with Gasteiger partial charge in [-0.1, -0.05) is 13.3 Å². The first kappa shape index (κ1) is 14.4. The minimum absolute atomic E-state index is 0.0296. The van der Waals surface area contributed by atoms with Crippen molar-refractivity contribution in [3.63, 3.8) is 0 Å². The first-order valence-corrected chi connectivity index (χ1v) is 6.17. The Balaban J connectivity index is 2.56. The predicted octanol–water partition coefficient (Wildman–Crippen LogP) is 0.282. The van der Waals surface area contributed by atoms with Gasteiger partial charge in [0.15, 0.2) is 0 Å². The SMILES string of the molecule is CCCC(COC)NC(=O)C1(C)COCC1N. The van der Waals surface area contributed by atoms with E-state index in [1.54, 1.807) is 7.11 Å². The zero-order valence-corrected chi connectivity index (χ0v) is 11.0. The van der Waals surface area contributed by atoms with Gasteiger partial charge in [0, 0.05) is 13.2 Å². The maximum atomic E-state index is 12.2. The highest BCUT2D eigenvalue weighted by molar-refractivity contribution is 5.83. The quantitative estimate of drug-likeness (QED) is 0.704. The molecule has 1 amide bonds. The van der Waals surface area contributed by atoms with Gasteiger partial charge in [0.25, 0.3) is 0 Å². The van der Waals surface area contributed by atoms with Gasteiger partial charge in [-0.15, -0.1) is 0 Å². The van der Waals surface area contributed by atoms with Crippen molar-refractivity contribution in [2.24, 2.45) is 11.1 Å². The van der Waals surface area contributed by atoms with Crippen molar-refractivity contribution < 1.29 is 14.3 Å². The standard InChI is InChI=1S/C12H24N2O3/c1-4-5-9(6-16-3)14-11(15)12(2)8-17-7-10(12)13/h9-10H,4-8,13H2,1-3H3,(H,14,15). The molecule has 1 heterocycles. The van der Waals surface area contributed by atoms with Crippen molar-refractivity contribution in [2.45, 2.75) is 38.8 Å². The van der Waals surface area contributed by atoms with Crippen LogP contribution in [0.5, 0.6) is 0 Å². The van der Waals surface area contributed by atoms with Crippen molar-refractivity contribution in [1.29, 1.82) is 0 Å². The number of hydrogen-bond donors (Lipinski definition) is 2. The third kappa shape index (κ3) is 3.40. The van der Waals surface area contributed by atoms with Gasteiger partial charge in [0.2, 0.25) is 5.91 Å². The number of carbonyl (C=O) groups is 1. The van der Waals surface area contributed by atoms with E-state index in [1.807, 2.05) is 6.92 Å². The van der Waals surface area contributed by atoms with E-state index in [4.69, 9.17) is 15.2 Å². The summed E-state index contributed by atoms with van der Waals surface area (Å²) in [5, 5.41) is 3.01. The third-order valence-electron chi connectivity index (χ3n) is 3.38. The molecule has 1 fully saturated rings. The number of hydrogen-bond acceptors (Lipinski definition) is 4. The Morgan fingerprint density at radius 1 is 1.71 bits per heavy atom. The summed E-state index contributed by atoms with van der Waals surface area (Å²) >= 11 is 0. The molecule has 0 bridgehead atoms. The van der Waals surface area contributed by atoms with Gasteiger partial charge < -0.3 is 20.5 Å². The summed E-state index contributed by atoms with van der Waals surface area (Å²) in [5.41, 5.74) is 5.31. The number of nitrogens with one attached hydrogen (secondary N) is 1. The van der Waals surface area contributed by atoms with Crippen molar-refractivity contribution >= 4 is 5.91 Å². The lowest BCUT2D eigenvalue weighted by atomic mass is 9.84. The zero-order valence-electron chi connectivity index (χ0n) is 11.0. The largest absolute Gasteiger partial charge is 0.383 e. The molecule has 0 aromatic rings. The second kappa shape index (κ2) is 6.33. The number of carbonyl (C=O) groups excluding carboxylic acids is 1. The molecule has 0 aliphatic carbocycles. The van der Waals surface area contributed by atoms with Crippen LogP contribution < -0.4 is 11.1 Å². The Morgan fingerprint density at radius 3 is 2.88 bits per heavy atom. The fourth-order valence-corrected chi connectivity index (χ4v) is 2.02.